The molecule has 2 aliphatic carbocycles. The molecule has 3 fully saturated rings. The van der Waals surface area contributed by atoms with Gasteiger partial charge in [-0.2, -0.15) is 4.98 Å². The molecule has 0 aromatic carbocycles. The van der Waals surface area contributed by atoms with E-state index in [1.165, 1.54) is 0 Å². The van der Waals surface area contributed by atoms with Crippen LogP contribution in [-0.2, 0) is 19.0 Å². The molecule has 3 aliphatic rings. The van der Waals surface area contributed by atoms with Crippen LogP contribution in [0.25, 0.3) is 11.2 Å². The molecule has 2 unspecified atom stereocenters. The van der Waals surface area contributed by atoms with E-state index >= 15 is 0 Å². The van der Waals surface area contributed by atoms with Crippen molar-refractivity contribution in [2.24, 2.45) is 11.3 Å². The minimum atomic E-state index is -0.790. The van der Waals surface area contributed by atoms with E-state index in [1.54, 1.807) is 13.3 Å². The van der Waals surface area contributed by atoms with E-state index in [4.69, 9.17) is 37.4 Å². The molecule has 2 saturated carbocycles. The molecule has 2 aromatic rings. The minimum Gasteiger partial charge on any atom is -0.465 e. The van der Waals surface area contributed by atoms with Crippen LogP contribution in [0.3, 0.4) is 0 Å². The molecule has 1 saturated heterocycles. The summed E-state index contributed by atoms with van der Waals surface area (Å²) in [6.45, 7) is 5.82. The molecule has 3 heterocycles. The highest BCUT2D eigenvalue weighted by Crippen LogP contribution is 2.72. The number of aromatic nitrogens is 4. The van der Waals surface area contributed by atoms with Crippen LogP contribution in [0, 0.1) is 11.3 Å². The average Bonchev–Trinajstić information content (AvgIpc) is 2.90. The van der Waals surface area contributed by atoms with Gasteiger partial charge in [0.1, 0.15) is 23.1 Å². The predicted molar refractivity (Wildman–Crippen MR) is 95.4 cm³/mol. The summed E-state index contributed by atoms with van der Waals surface area (Å²) in [4.78, 5) is 25.4. The molecule has 5 rings (SSSR count). The SMILES string of the molecule is CCOC(=O)[C@@]12C[C@@H]1[C@@H](n1cnc3c(Cl)nc(Cl)nc31)C1OC(C)(C)OC12. The van der Waals surface area contributed by atoms with Crippen molar-refractivity contribution >= 4 is 40.3 Å². The van der Waals surface area contributed by atoms with Crippen molar-refractivity contribution in [3.05, 3.63) is 16.8 Å². The second kappa shape index (κ2) is 5.53. The van der Waals surface area contributed by atoms with Crippen molar-refractivity contribution in [3.8, 4) is 0 Å². The highest BCUT2D eigenvalue weighted by Gasteiger charge is 2.80. The van der Waals surface area contributed by atoms with Gasteiger partial charge in [0.2, 0.25) is 5.28 Å². The molecule has 2 aromatic heterocycles. The number of hydrogen-bond donors (Lipinski definition) is 0. The summed E-state index contributed by atoms with van der Waals surface area (Å²) in [5.41, 5.74) is 0.282. The lowest BCUT2D eigenvalue weighted by Crippen LogP contribution is -2.36. The van der Waals surface area contributed by atoms with Crippen LogP contribution in [0.1, 0.15) is 33.2 Å². The molecule has 0 radical (unpaired) electrons. The number of rotatable bonds is 3. The number of carbonyl (C=O) groups is 1. The summed E-state index contributed by atoms with van der Waals surface area (Å²) in [5.74, 6) is -1.02. The molecule has 0 amide bonds. The van der Waals surface area contributed by atoms with Gasteiger partial charge in [-0.05, 0) is 38.8 Å². The fraction of sp³-hybridized carbons (Fsp3) is 0.647. The van der Waals surface area contributed by atoms with Crippen LogP contribution in [-0.4, -0.2) is 50.1 Å². The molecule has 0 bridgehead atoms. The highest BCUT2D eigenvalue weighted by molar-refractivity contribution is 6.35. The van der Waals surface area contributed by atoms with Crippen LogP contribution >= 0.6 is 23.2 Å². The molecule has 144 valence electrons. The summed E-state index contributed by atoms with van der Waals surface area (Å²) >= 11 is 12.2. The van der Waals surface area contributed by atoms with Crippen LogP contribution in [0.5, 0.6) is 0 Å². The zero-order valence-corrected chi connectivity index (χ0v) is 16.5. The van der Waals surface area contributed by atoms with Crippen LogP contribution < -0.4 is 0 Å². The van der Waals surface area contributed by atoms with Gasteiger partial charge >= 0.3 is 5.97 Å². The fourth-order valence-corrected chi connectivity index (χ4v) is 5.19. The number of ether oxygens (including phenoxy) is 3. The molecular weight excluding hydrogens is 395 g/mol. The Morgan fingerprint density at radius 3 is 2.89 bits per heavy atom. The first-order valence-corrected chi connectivity index (χ1v) is 9.62. The smallest absolute Gasteiger partial charge is 0.315 e. The molecule has 0 N–H and O–H groups in total. The maximum Gasteiger partial charge on any atom is 0.315 e. The number of halogens is 2. The van der Waals surface area contributed by atoms with E-state index in [0.717, 1.165) is 0 Å². The Labute approximate surface area is 165 Å². The van der Waals surface area contributed by atoms with Gasteiger partial charge in [-0.3, -0.25) is 4.79 Å². The first-order chi connectivity index (χ1) is 12.8. The standard InChI is InChI=1S/C17H18Cl2N4O4/c1-4-25-14(24)17-5-7(17)9(10-11(17)27-16(2,3)26-10)23-6-20-8-12(18)21-15(19)22-13(8)23/h6-7,9-11H,4-5H2,1-3H3/t7-,9-,10?,11?,17+/m1/s1. The van der Waals surface area contributed by atoms with Gasteiger partial charge in [-0.1, -0.05) is 11.6 Å². The van der Waals surface area contributed by atoms with E-state index in [1.807, 2.05) is 18.4 Å². The Morgan fingerprint density at radius 1 is 1.37 bits per heavy atom. The normalized spacial score (nSPS) is 35.9. The van der Waals surface area contributed by atoms with Gasteiger partial charge in [0.05, 0.1) is 19.0 Å². The highest BCUT2D eigenvalue weighted by atomic mass is 35.5. The third kappa shape index (κ3) is 2.30. The van der Waals surface area contributed by atoms with Gasteiger partial charge in [0, 0.05) is 5.92 Å². The van der Waals surface area contributed by atoms with E-state index < -0.39 is 11.2 Å². The van der Waals surface area contributed by atoms with Crippen molar-refractivity contribution < 1.29 is 19.0 Å². The number of carbonyl (C=O) groups excluding carboxylic acids is 1. The largest absolute Gasteiger partial charge is 0.465 e. The van der Waals surface area contributed by atoms with Gasteiger partial charge in [0.15, 0.2) is 16.6 Å². The predicted octanol–water partition coefficient (Wildman–Crippen LogP) is 2.78. The molecular formula is C17H18Cl2N4O4. The van der Waals surface area contributed by atoms with Crippen molar-refractivity contribution in [2.45, 2.75) is 51.2 Å². The lowest BCUT2D eigenvalue weighted by Gasteiger charge is -2.24. The first-order valence-electron chi connectivity index (χ1n) is 8.87. The van der Waals surface area contributed by atoms with Gasteiger partial charge < -0.3 is 18.8 Å². The van der Waals surface area contributed by atoms with E-state index in [2.05, 4.69) is 15.0 Å². The Kier molecular flexibility index (Phi) is 3.61. The number of imidazole rings is 1. The van der Waals surface area contributed by atoms with E-state index in [-0.39, 0.29) is 40.6 Å². The zero-order chi connectivity index (χ0) is 19.1. The second-order valence-electron chi connectivity index (χ2n) is 7.69. The number of esters is 1. The quantitative estimate of drug-likeness (QED) is 0.434. The van der Waals surface area contributed by atoms with Crippen LogP contribution in [0.4, 0.5) is 0 Å². The molecule has 5 atom stereocenters. The third-order valence-electron chi connectivity index (χ3n) is 5.77. The van der Waals surface area contributed by atoms with Gasteiger partial charge in [0.25, 0.3) is 0 Å². The summed E-state index contributed by atoms with van der Waals surface area (Å²) < 4.78 is 19.6. The van der Waals surface area contributed by atoms with Crippen LogP contribution in [0.15, 0.2) is 6.33 Å². The minimum absolute atomic E-state index is 0.00701. The number of hydrogen-bond acceptors (Lipinski definition) is 7. The lowest BCUT2D eigenvalue weighted by atomic mass is 9.99. The van der Waals surface area contributed by atoms with Gasteiger partial charge in [-0.25, -0.2) is 9.97 Å². The molecule has 8 nitrogen and oxygen atoms in total. The van der Waals surface area contributed by atoms with Crippen molar-refractivity contribution in [1.82, 2.24) is 19.5 Å². The molecule has 0 spiro atoms. The number of fused-ring (bicyclic) bond motifs is 4. The Morgan fingerprint density at radius 2 is 2.15 bits per heavy atom. The van der Waals surface area contributed by atoms with E-state index in [0.29, 0.717) is 24.2 Å². The topological polar surface area (TPSA) is 88.4 Å². The monoisotopic (exact) mass is 412 g/mol. The van der Waals surface area contributed by atoms with Crippen molar-refractivity contribution in [2.75, 3.05) is 6.61 Å². The second-order valence-corrected chi connectivity index (χ2v) is 8.39. The molecule has 10 heteroatoms. The van der Waals surface area contributed by atoms with Gasteiger partial charge in [-0.15, -0.1) is 0 Å². The summed E-state index contributed by atoms with van der Waals surface area (Å²) in [5, 5.41) is 0.231. The zero-order valence-electron chi connectivity index (χ0n) is 15.0. The first kappa shape index (κ1) is 17.6. The van der Waals surface area contributed by atoms with Crippen molar-refractivity contribution in [1.29, 1.82) is 0 Å². The lowest BCUT2D eigenvalue weighted by molar-refractivity contribution is -0.172. The molecule has 1 aliphatic heterocycles. The fourth-order valence-electron chi connectivity index (χ4n) is 4.77. The van der Waals surface area contributed by atoms with Crippen molar-refractivity contribution in [3.63, 3.8) is 0 Å². The maximum absolute atomic E-state index is 12.8. The summed E-state index contributed by atoms with van der Waals surface area (Å²) in [6, 6.07) is -0.187. The summed E-state index contributed by atoms with van der Waals surface area (Å²) in [7, 11) is 0. The average molecular weight is 413 g/mol. The Hall–Kier alpha value is -1.48. The van der Waals surface area contributed by atoms with Crippen LogP contribution in [0.2, 0.25) is 10.4 Å². The van der Waals surface area contributed by atoms with E-state index in [9.17, 15) is 4.79 Å². The number of nitrogens with zero attached hydrogens (tertiary/aromatic N) is 4. The summed E-state index contributed by atoms with van der Waals surface area (Å²) in [6.07, 6.45) is 1.61. The Balaban J connectivity index is 1.63. The third-order valence-corrected chi connectivity index (χ3v) is 6.21. The Bertz CT molecular complexity index is 964. The molecule has 27 heavy (non-hydrogen) atoms. The maximum atomic E-state index is 12.8.